The highest BCUT2D eigenvalue weighted by Crippen LogP contribution is 1.90. The van der Waals surface area contributed by atoms with Crippen LogP contribution in [0.15, 0.2) is 0 Å². The first kappa shape index (κ1) is 14.8. The Kier molecular flexibility index (Phi) is 7.95. The zero-order valence-corrected chi connectivity index (χ0v) is 10.6. The molecule has 15 heavy (non-hydrogen) atoms. The molecule has 0 aliphatic rings. The second-order valence-corrected chi connectivity index (χ2v) is 5.72. The fraction of sp³-hybridized carbons (Fsp3) is 1.00. The number of hydrogen-bond donors (Lipinski definition) is 2. The summed E-state index contributed by atoms with van der Waals surface area (Å²) in [5.74, 6) is 0.553. The molecule has 92 valence electrons. The van der Waals surface area contributed by atoms with Gasteiger partial charge in [0.1, 0.15) is 0 Å². The van der Waals surface area contributed by atoms with Gasteiger partial charge in [-0.1, -0.05) is 13.8 Å². The van der Waals surface area contributed by atoms with Crippen molar-refractivity contribution >= 4 is 10.0 Å². The van der Waals surface area contributed by atoms with E-state index in [2.05, 4.69) is 23.9 Å². The van der Waals surface area contributed by atoms with Crippen molar-refractivity contribution in [2.45, 2.75) is 13.8 Å². The monoisotopic (exact) mass is 238 g/mol. The van der Waals surface area contributed by atoms with Gasteiger partial charge in [-0.3, -0.25) is 0 Å². The molecule has 0 bridgehead atoms. The maximum absolute atomic E-state index is 10.7. The minimum absolute atomic E-state index is 0.420. The quantitative estimate of drug-likeness (QED) is 0.546. The van der Waals surface area contributed by atoms with E-state index in [1.54, 1.807) is 0 Å². The van der Waals surface area contributed by atoms with Crippen molar-refractivity contribution in [1.29, 1.82) is 0 Å². The Bertz CT molecular complexity index is 240. The minimum Gasteiger partial charge on any atom is -0.380 e. The molecule has 0 rings (SSSR count). The molecule has 0 radical (unpaired) electrons. The van der Waals surface area contributed by atoms with Crippen LogP contribution in [0.1, 0.15) is 13.8 Å². The van der Waals surface area contributed by atoms with Crippen LogP contribution in [0.2, 0.25) is 0 Å². The molecule has 0 atom stereocenters. The van der Waals surface area contributed by atoms with E-state index < -0.39 is 10.0 Å². The SMILES string of the molecule is CC(C)COCCNCCNS(C)(=O)=O. The standard InChI is InChI=1S/C9H22N2O3S/c1-9(2)8-14-7-6-10-4-5-11-15(3,12)13/h9-11H,4-8H2,1-3H3. The third-order valence-electron chi connectivity index (χ3n) is 1.54. The number of nitrogens with one attached hydrogen (secondary N) is 2. The zero-order chi connectivity index (χ0) is 11.7. The molecule has 0 heterocycles. The average Bonchev–Trinajstić information content (AvgIpc) is 2.07. The van der Waals surface area contributed by atoms with Crippen LogP contribution in [0.4, 0.5) is 0 Å². The molecule has 0 aliphatic heterocycles. The van der Waals surface area contributed by atoms with Crippen LogP contribution in [-0.4, -0.2) is 47.5 Å². The highest BCUT2D eigenvalue weighted by atomic mass is 32.2. The molecular weight excluding hydrogens is 216 g/mol. The summed E-state index contributed by atoms with van der Waals surface area (Å²) in [6.07, 6.45) is 1.15. The third-order valence-corrected chi connectivity index (χ3v) is 2.27. The highest BCUT2D eigenvalue weighted by Gasteiger charge is 1.98. The Balaban J connectivity index is 3.12. The van der Waals surface area contributed by atoms with Crippen LogP contribution >= 0.6 is 0 Å². The molecule has 0 aromatic carbocycles. The van der Waals surface area contributed by atoms with Crippen LogP contribution in [0, 0.1) is 5.92 Å². The van der Waals surface area contributed by atoms with Gasteiger partial charge < -0.3 is 10.1 Å². The normalized spacial score (nSPS) is 12.3. The largest absolute Gasteiger partial charge is 0.380 e. The van der Waals surface area contributed by atoms with E-state index in [0.29, 0.717) is 25.6 Å². The molecule has 0 fully saturated rings. The first-order valence-corrected chi connectivity index (χ1v) is 7.04. The molecule has 0 saturated heterocycles. The predicted molar refractivity (Wildman–Crippen MR) is 61.4 cm³/mol. The summed E-state index contributed by atoms with van der Waals surface area (Å²) in [7, 11) is -3.05. The van der Waals surface area contributed by atoms with Gasteiger partial charge in [-0.15, -0.1) is 0 Å². The molecule has 6 heteroatoms. The summed E-state index contributed by atoms with van der Waals surface area (Å²) in [6, 6.07) is 0. The fourth-order valence-electron chi connectivity index (χ4n) is 0.913. The van der Waals surface area contributed by atoms with E-state index in [0.717, 1.165) is 19.4 Å². The Hall–Kier alpha value is -0.170. The summed E-state index contributed by atoms with van der Waals surface area (Å²) in [4.78, 5) is 0. The number of hydrogen-bond acceptors (Lipinski definition) is 4. The molecule has 0 aliphatic carbocycles. The maximum atomic E-state index is 10.7. The van der Waals surface area contributed by atoms with Gasteiger partial charge in [-0.25, -0.2) is 13.1 Å². The lowest BCUT2D eigenvalue weighted by molar-refractivity contribution is 0.112. The molecule has 0 aromatic rings. The Morgan fingerprint density at radius 1 is 1.20 bits per heavy atom. The van der Waals surface area contributed by atoms with Gasteiger partial charge in [0.2, 0.25) is 10.0 Å². The van der Waals surface area contributed by atoms with Crippen molar-refractivity contribution in [3.8, 4) is 0 Å². The van der Waals surface area contributed by atoms with Crippen LogP contribution in [0.5, 0.6) is 0 Å². The topological polar surface area (TPSA) is 67.4 Å². The maximum Gasteiger partial charge on any atom is 0.208 e. The van der Waals surface area contributed by atoms with Crippen molar-refractivity contribution in [2.75, 3.05) is 39.1 Å². The lowest BCUT2D eigenvalue weighted by Crippen LogP contribution is -2.32. The van der Waals surface area contributed by atoms with Crippen molar-refractivity contribution in [2.24, 2.45) is 5.92 Å². The Morgan fingerprint density at radius 3 is 2.40 bits per heavy atom. The molecular formula is C9H22N2O3S. The first-order chi connectivity index (χ1) is 6.92. The van der Waals surface area contributed by atoms with Crippen molar-refractivity contribution < 1.29 is 13.2 Å². The fourth-order valence-corrected chi connectivity index (χ4v) is 1.39. The Morgan fingerprint density at radius 2 is 1.87 bits per heavy atom. The number of sulfonamides is 1. The van der Waals surface area contributed by atoms with E-state index in [1.807, 2.05) is 0 Å². The van der Waals surface area contributed by atoms with E-state index in [9.17, 15) is 8.42 Å². The van der Waals surface area contributed by atoms with Gasteiger partial charge in [0.15, 0.2) is 0 Å². The number of rotatable bonds is 9. The molecule has 0 unspecified atom stereocenters. The predicted octanol–water partition coefficient (Wildman–Crippen LogP) is -0.202. The van der Waals surface area contributed by atoms with E-state index >= 15 is 0 Å². The molecule has 0 amide bonds. The number of ether oxygens (including phenoxy) is 1. The van der Waals surface area contributed by atoms with Crippen molar-refractivity contribution in [3.05, 3.63) is 0 Å². The van der Waals surface area contributed by atoms with Gasteiger partial charge in [0.05, 0.1) is 12.9 Å². The first-order valence-electron chi connectivity index (χ1n) is 5.15. The second-order valence-electron chi connectivity index (χ2n) is 3.89. The van der Waals surface area contributed by atoms with Crippen LogP contribution in [0.25, 0.3) is 0 Å². The van der Waals surface area contributed by atoms with E-state index in [1.165, 1.54) is 0 Å². The van der Waals surface area contributed by atoms with Gasteiger partial charge >= 0.3 is 0 Å². The lowest BCUT2D eigenvalue weighted by Gasteiger charge is -2.08. The molecule has 5 nitrogen and oxygen atoms in total. The van der Waals surface area contributed by atoms with Gasteiger partial charge in [-0.2, -0.15) is 0 Å². The van der Waals surface area contributed by atoms with Crippen LogP contribution in [-0.2, 0) is 14.8 Å². The van der Waals surface area contributed by atoms with Gasteiger partial charge in [-0.05, 0) is 5.92 Å². The van der Waals surface area contributed by atoms with E-state index in [-0.39, 0.29) is 0 Å². The van der Waals surface area contributed by atoms with Gasteiger partial charge in [0, 0.05) is 26.2 Å². The molecule has 0 aromatic heterocycles. The minimum atomic E-state index is -3.05. The molecule has 0 saturated carbocycles. The summed E-state index contributed by atoms with van der Waals surface area (Å²) in [5.41, 5.74) is 0. The lowest BCUT2D eigenvalue weighted by atomic mass is 10.2. The zero-order valence-electron chi connectivity index (χ0n) is 9.75. The van der Waals surface area contributed by atoms with Crippen LogP contribution in [0.3, 0.4) is 0 Å². The van der Waals surface area contributed by atoms with Crippen molar-refractivity contribution in [1.82, 2.24) is 10.0 Å². The third kappa shape index (κ3) is 13.8. The molecule has 2 N–H and O–H groups in total. The van der Waals surface area contributed by atoms with E-state index in [4.69, 9.17) is 4.74 Å². The summed E-state index contributed by atoms with van der Waals surface area (Å²) in [6.45, 7) is 7.42. The highest BCUT2D eigenvalue weighted by molar-refractivity contribution is 7.88. The summed E-state index contributed by atoms with van der Waals surface area (Å²) in [5, 5.41) is 3.08. The van der Waals surface area contributed by atoms with Crippen LogP contribution < -0.4 is 10.0 Å². The average molecular weight is 238 g/mol. The Labute approximate surface area is 92.6 Å². The smallest absolute Gasteiger partial charge is 0.208 e. The summed E-state index contributed by atoms with van der Waals surface area (Å²) < 4.78 is 29.1. The summed E-state index contributed by atoms with van der Waals surface area (Å²) >= 11 is 0. The van der Waals surface area contributed by atoms with Gasteiger partial charge in [0.25, 0.3) is 0 Å². The van der Waals surface area contributed by atoms with Crippen molar-refractivity contribution in [3.63, 3.8) is 0 Å². The second kappa shape index (κ2) is 8.04. The molecule has 0 spiro atoms.